The molecule has 24 heavy (non-hydrogen) atoms. The first-order chi connectivity index (χ1) is 11.4. The van der Waals surface area contributed by atoms with Crippen molar-refractivity contribution >= 4 is 5.95 Å². The summed E-state index contributed by atoms with van der Waals surface area (Å²) in [6.07, 6.45) is -3.11. The highest BCUT2D eigenvalue weighted by Gasteiger charge is 2.30. The average molecular weight is 331 g/mol. The van der Waals surface area contributed by atoms with Crippen LogP contribution in [0.15, 0.2) is 54.7 Å². The van der Waals surface area contributed by atoms with Crippen molar-refractivity contribution < 1.29 is 18.3 Å². The molecule has 0 radical (unpaired) electrons. The number of phenols is 1. The first-order valence-electron chi connectivity index (χ1n) is 6.95. The van der Waals surface area contributed by atoms with E-state index in [2.05, 4.69) is 9.97 Å². The molecule has 4 nitrogen and oxygen atoms in total. The van der Waals surface area contributed by atoms with E-state index in [9.17, 15) is 18.3 Å². The van der Waals surface area contributed by atoms with E-state index in [0.29, 0.717) is 11.1 Å². The van der Waals surface area contributed by atoms with E-state index in [1.54, 1.807) is 18.2 Å². The Labute approximate surface area is 135 Å². The lowest BCUT2D eigenvalue weighted by atomic mass is 9.98. The van der Waals surface area contributed by atoms with Crippen LogP contribution in [0.2, 0.25) is 0 Å². The Morgan fingerprint density at radius 1 is 0.958 bits per heavy atom. The van der Waals surface area contributed by atoms with Gasteiger partial charge in [0.25, 0.3) is 0 Å². The predicted molar refractivity (Wildman–Crippen MR) is 84.0 cm³/mol. The first-order valence-corrected chi connectivity index (χ1v) is 6.95. The summed E-state index contributed by atoms with van der Waals surface area (Å²) in [5.41, 5.74) is 6.08. The fourth-order valence-corrected chi connectivity index (χ4v) is 2.35. The molecule has 0 saturated heterocycles. The van der Waals surface area contributed by atoms with Crippen molar-refractivity contribution in [3.63, 3.8) is 0 Å². The van der Waals surface area contributed by atoms with E-state index in [4.69, 9.17) is 5.73 Å². The molecule has 0 spiro atoms. The number of aromatic nitrogens is 2. The quantitative estimate of drug-likeness (QED) is 0.741. The van der Waals surface area contributed by atoms with Gasteiger partial charge in [0.1, 0.15) is 5.75 Å². The molecule has 122 valence electrons. The van der Waals surface area contributed by atoms with Crippen molar-refractivity contribution in [1.29, 1.82) is 0 Å². The van der Waals surface area contributed by atoms with E-state index in [0.717, 1.165) is 12.1 Å². The molecule has 0 fully saturated rings. The molecule has 0 atom stereocenters. The number of nitrogen functional groups attached to an aromatic ring is 1. The maximum absolute atomic E-state index is 12.9. The number of phenolic OH excluding ortho intramolecular Hbond substituents is 1. The lowest BCUT2D eigenvalue weighted by molar-refractivity contribution is -0.137. The van der Waals surface area contributed by atoms with Gasteiger partial charge in [0.05, 0.1) is 11.3 Å². The second-order valence-electron chi connectivity index (χ2n) is 5.09. The maximum Gasteiger partial charge on any atom is 0.416 e. The van der Waals surface area contributed by atoms with E-state index >= 15 is 0 Å². The molecular formula is C17H12F3N3O. The minimum absolute atomic E-state index is 0.0380. The summed E-state index contributed by atoms with van der Waals surface area (Å²) in [5, 5.41) is 10.0. The van der Waals surface area contributed by atoms with Crippen molar-refractivity contribution in [2.45, 2.75) is 6.18 Å². The van der Waals surface area contributed by atoms with Gasteiger partial charge in [-0.1, -0.05) is 24.3 Å². The SMILES string of the molecule is Nc1ncc(-c2cccc(C(F)(F)F)c2)c(-c2ccccc2O)n1. The van der Waals surface area contributed by atoms with Crippen LogP contribution in [0.25, 0.3) is 22.4 Å². The number of benzene rings is 2. The second-order valence-corrected chi connectivity index (χ2v) is 5.09. The van der Waals surface area contributed by atoms with E-state index < -0.39 is 11.7 Å². The fraction of sp³-hybridized carbons (Fsp3) is 0.0588. The molecule has 3 aromatic rings. The molecule has 0 amide bonds. The molecule has 3 N–H and O–H groups in total. The minimum Gasteiger partial charge on any atom is -0.507 e. The molecule has 1 aromatic heterocycles. The summed E-state index contributed by atoms with van der Waals surface area (Å²) >= 11 is 0. The van der Waals surface area contributed by atoms with Crippen molar-refractivity contribution in [3.8, 4) is 28.1 Å². The smallest absolute Gasteiger partial charge is 0.416 e. The van der Waals surface area contributed by atoms with Crippen LogP contribution < -0.4 is 5.73 Å². The molecule has 0 unspecified atom stereocenters. The Balaban J connectivity index is 2.22. The molecule has 7 heteroatoms. The molecule has 0 bridgehead atoms. The summed E-state index contributed by atoms with van der Waals surface area (Å²) in [6, 6.07) is 11.2. The molecular weight excluding hydrogens is 319 g/mol. The van der Waals surface area contributed by atoms with E-state index in [-0.39, 0.29) is 23.0 Å². The Morgan fingerprint density at radius 3 is 2.42 bits per heavy atom. The highest BCUT2D eigenvalue weighted by Crippen LogP contribution is 2.37. The summed E-state index contributed by atoms with van der Waals surface area (Å²) in [7, 11) is 0. The number of halogens is 3. The lowest BCUT2D eigenvalue weighted by Crippen LogP contribution is -2.05. The lowest BCUT2D eigenvalue weighted by Gasteiger charge is -2.13. The average Bonchev–Trinajstić information content (AvgIpc) is 2.54. The van der Waals surface area contributed by atoms with Crippen LogP contribution in [0.5, 0.6) is 5.75 Å². The number of anilines is 1. The minimum atomic E-state index is -4.46. The van der Waals surface area contributed by atoms with Gasteiger partial charge < -0.3 is 10.8 Å². The zero-order chi connectivity index (χ0) is 17.3. The number of para-hydroxylation sites is 1. The van der Waals surface area contributed by atoms with Crippen LogP contribution in [0, 0.1) is 0 Å². The normalized spacial score (nSPS) is 11.5. The van der Waals surface area contributed by atoms with Crippen LogP contribution >= 0.6 is 0 Å². The van der Waals surface area contributed by atoms with Gasteiger partial charge in [0.2, 0.25) is 5.95 Å². The molecule has 3 rings (SSSR count). The monoisotopic (exact) mass is 331 g/mol. The third-order valence-corrected chi connectivity index (χ3v) is 3.47. The highest BCUT2D eigenvalue weighted by atomic mass is 19.4. The zero-order valence-electron chi connectivity index (χ0n) is 12.2. The molecule has 1 heterocycles. The topological polar surface area (TPSA) is 72.0 Å². The first kappa shape index (κ1) is 15.8. The zero-order valence-corrected chi connectivity index (χ0v) is 12.2. The van der Waals surface area contributed by atoms with Crippen LogP contribution in [0.3, 0.4) is 0 Å². The van der Waals surface area contributed by atoms with Crippen molar-refractivity contribution in [2.75, 3.05) is 5.73 Å². The van der Waals surface area contributed by atoms with Gasteiger partial charge in [0.15, 0.2) is 0 Å². The van der Waals surface area contributed by atoms with Crippen LogP contribution in [0.4, 0.5) is 19.1 Å². The summed E-state index contributed by atoms with van der Waals surface area (Å²) < 4.78 is 38.8. The van der Waals surface area contributed by atoms with Gasteiger partial charge in [-0.3, -0.25) is 0 Å². The van der Waals surface area contributed by atoms with Gasteiger partial charge in [-0.15, -0.1) is 0 Å². The van der Waals surface area contributed by atoms with Gasteiger partial charge >= 0.3 is 6.18 Å². The third kappa shape index (κ3) is 3.01. The molecule has 2 aromatic carbocycles. The van der Waals surface area contributed by atoms with E-state index in [1.807, 2.05) is 0 Å². The predicted octanol–water partition coefficient (Wildman–Crippen LogP) is 4.12. The largest absolute Gasteiger partial charge is 0.507 e. The van der Waals surface area contributed by atoms with Gasteiger partial charge in [-0.2, -0.15) is 13.2 Å². The summed E-state index contributed by atoms with van der Waals surface area (Å²) in [4.78, 5) is 7.96. The molecule has 0 aliphatic carbocycles. The maximum atomic E-state index is 12.9. The Bertz CT molecular complexity index is 894. The number of nitrogens with two attached hydrogens (primary N) is 1. The van der Waals surface area contributed by atoms with Gasteiger partial charge in [0, 0.05) is 17.3 Å². The number of hydrogen-bond donors (Lipinski definition) is 2. The molecule has 0 saturated carbocycles. The number of aromatic hydroxyl groups is 1. The number of alkyl halides is 3. The summed E-state index contributed by atoms with van der Waals surface area (Å²) in [5.74, 6) is -0.0900. The molecule has 0 aliphatic rings. The van der Waals surface area contributed by atoms with E-state index in [1.165, 1.54) is 24.4 Å². The fourth-order valence-electron chi connectivity index (χ4n) is 2.35. The second kappa shape index (κ2) is 5.84. The highest BCUT2D eigenvalue weighted by molar-refractivity contribution is 5.83. The van der Waals surface area contributed by atoms with Gasteiger partial charge in [-0.25, -0.2) is 9.97 Å². The van der Waals surface area contributed by atoms with Crippen LogP contribution in [0.1, 0.15) is 5.56 Å². The Morgan fingerprint density at radius 2 is 1.71 bits per heavy atom. The van der Waals surface area contributed by atoms with Crippen LogP contribution in [-0.2, 0) is 6.18 Å². The molecule has 0 aliphatic heterocycles. The van der Waals surface area contributed by atoms with Crippen LogP contribution in [-0.4, -0.2) is 15.1 Å². The number of hydrogen-bond acceptors (Lipinski definition) is 4. The van der Waals surface area contributed by atoms with Gasteiger partial charge in [-0.05, 0) is 29.8 Å². The Kier molecular flexibility index (Phi) is 3.84. The number of nitrogens with zero attached hydrogens (tertiary/aromatic N) is 2. The van der Waals surface area contributed by atoms with Crippen molar-refractivity contribution in [1.82, 2.24) is 9.97 Å². The standard InChI is InChI=1S/C17H12F3N3O/c18-17(19,20)11-5-3-4-10(8-11)13-9-22-16(21)23-15(13)12-6-1-2-7-14(12)24/h1-9,24H,(H2,21,22,23). The summed E-state index contributed by atoms with van der Waals surface area (Å²) in [6.45, 7) is 0. The Hall–Kier alpha value is -3.09. The number of rotatable bonds is 2. The van der Waals surface area contributed by atoms with Crippen molar-refractivity contribution in [3.05, 3.63) is 60.3 Å². The third-order valence-electron chi connectivity index (χ3n) is 3.47. The van der Waals surface area contributed by atoms with Crippen molar-refractivity contribution in [2.24, 2.45) is 0 Å².